The molecule has 0 N–H and O–H groups in total. The van der Waals surface area contributed by atoms with Gasteiger partial charge in [0.15, 0.2) is 11.6 Å². The van der Waals surface area contributed by atoms with Crippen molar-refractivity contribution < 1.29 is 9.47 Å². The summed E-state index contributed by atoms with van der Waals surface area (Å²) >= 11 is 0. The molecule has 0 fully saturated rings. The Bertz CT molecular complexity index is 882. The summed E-state index contributed by atoms with van der Waals surface area (Å²) in [5.41, 5.74) is 1.84. The molecule has 3 rings (SSSR count). The van der Waals surface area contributed by atoms with Gasteiger partial charge >= 0.3 is 6.01 Å². The second-order valence-corrected chi connectivity index (χ2v) is 7.00. The number of hydrogen-bond donors (Lipinski definition) is 0. The lowest BCUT2D eigenvalue weighted by atomic mass is 10.1. The van der Waals surface area contributed by atoms with Gasteiger partial charge in [-0.05, 0) is 43.5 Å². The first-order chi connectivity index (χ1) is 14.2. The highest BCUT2D eigenvalue weighted by Gasteiger charge is 2.15. The fraction of sp³-hybridized carbons (Fsp3) is 0.375. The number of rotatable bonds is 10. The summed E-state index contributed by atoms with van der Waals surface area (Å²) in [6.45, 7) is 4.35. The Labute approximate surface area is 173 Å². The zero-order valence-corrected chi connectivity index (χ0v) is 17.5. The van der Waals surface area contributed by atoms with Crippen LogP contribution in [0.1, 0.15) is 46.0 Å². The summed E-state index contributed by atoms with van der Waals surface area (Å²) in [4.78, 5) is 13.9. The monoisotopic (exact) mass is 391 g/mol. The maximum Gasteiger partial charge on any atom is 0.320 e. The van der Waals surface area contributed by atoms with Crippen LogP contribution in [-0.4, -0.2) is 28.2 Å². The van der Waals surface area contributed by atoms with Crippen LogP contribution in [0.4, 0.5) is 0 Å². The van der Waals surface area contributed by atoms with Crippen LogP contribution in [0.2, 0.25) is 0 Å². The largest absolute Gasteiger partial charge is 0.497 e. The van der Waals surface area contributed by atoms with Crippen molar-refractivity contribution in [3.8, 4) is 34.5 Å². The molecule has 1 unspecified atom stereocenters. The van der Waals surface area contributed by atoms with Crippen LogP contribution in [0.5, 0.6) is 11.8 Å². The van der Waals surface area contributed by atoms with E-state index in [1.165, 1.54) is 12.8 Å². The van der Waals surface area contributed by atoms with Gasteiger partial charge in [-0.2, -0.15) is 9.97 Å². The van der Waals surface area contributed by atoms with Crippen LogP contribution < -0.4 is 9.47 Å². The van der Waals surface area contributed by atoms with E-state index in [1.54, 1.807) is 7.11 Å². The van der Waals surface area contributed by atoms with Crippen LogP contribution in [0.25, 0.3) is 22.8 Å². The van der Waals surface area contributed by atoms with Gasteiger partial charge in [-0.25, -0.2) is 4.98 Å². The van der Waals surface area contributed by atoms with E-state index in [0.717, 1.165) is 36.1 Å². The van der Waals surface area contributed by atoms with Gasteiger partial charge < -0.3 is 9.47 Å². The molecule has 2 aromatic carbocycles. The van der Waals surface area contributed by atoms with Gasteiger partial charge in [0, 0.05) is 11.1 Å². The van der Waals surface area contributed by atoms with E-state index in [2.05, 4.69) is 23.8 Å². The van der Waals surface area contributed by atoms with Crippen LogP contribution in [0.15, 0.2) is 54.6 Å². The molecule has 0 amide bonds. The van der Waals surface area contributed by atoms with E-state index in [1.807, 2.05) is 54.6 Å². The van der Waals surface area contributed by atoms with Crippen LogP contribution >= 0.6 is 0 Å². The van der Waals surface area contributed by atoms with E-state index in [0.29, 0.717) is 17.7 Å². The number of ether oxygens (including phenoxy) is 2. The number of benzene rings is 2. The Morgan fingerprint density at radius 1 is 0.793 bits per heavy atom. The van der Waals surface area contributed by atoms with Crippen molar-refractivity contribution in [3.63, 3.8) is 0 Å². The lowest BCUT2D eigenvalue weighted by Gasteiger charge is -2.17. The minimum absolute atomic E-state index is 0.108. The second-order valence-electron chi connectivity index (χ2n) is 7.00. The second kappa shape index (κ2) is 10.6. The molecular weight excluding hydrogens is 362 g/mol. The summed E-state index contributed by atoms with van der Waals surface area (Å²) in [6, 6.07) is 18.0. The Kier molecular flexibility index (Phi) is 7.56. The highest BCUT2D eigenvalue weighted by Crippen LogP contribution is 2.25. The molecule has 0 bridgehead atoms. The van der Waals surface area contributed by atoms with E-state index in [4.69, 9.17) is 14.5 Å². The summed E-state index contributed by atoms with van der Waals surface area (Å²) < 4.78 is 11.5. The molecule has 0 radical (unpaired) electrons. The molecule has 29 heavy (non-hydrogen) atoms. The third kappa shape index (κ3) is 5.76. The first-order valence-electron chi connectivity index (χ1n) is 10.4. The molecule has 0 aliphatic heterocycles. The van der Waals surface area contributed by atoms with Crippen molar-refractivity contribution in [1.29, 1.82) is 0 Å². The first kappa shape index (κ1) is 20.8. The van der Waals surface area contributed by atoms with Gasteiger partial charge in [0.1, 0.15) is 11.9 Å². The minimum Gasteiger partial charge on any atom is -0.497 e. The van der Waals surface area contributed by atoms with Gasteiger partial charge in [0.25, 0.3) is 0 Å². The number of aromatic nitrogens is 3. The predicted octanol–water partition coefficient (Wildman–Crippen LogP) is 5.95. The molecule has 5 heteroatoms. The molecule has 0 saturated heterocycles. The zero-order valence-electron chi connectivity index (χ0n) is 17.5. The van der Waals surface area contributed by atoms with Crippen LogP contribution in [0.3, 0.4) is 0 Å². The quantitative estimate of drug-likeness (QED) is 0.400. The third-order valence-electron chi connectivity index (χ3n) is 4.85. The molecule has 0 saturated carbocycles. The minimum atomic E-state index is 0.108. The number of methoxy groups -OCH3 is 1. The zero-order chi connectivity index (χ0) is 20.5. The molecule has 3 aromatic rings. The lowest BCUT2D eigenvalue weighted by molar-refractivity contribution is 0.167. The summed E-state index contributed by atoms with van der Waals surface area (Å²) in [5, 5.41) is 0. The fourth-order valence-electron chi connectivity index (χ4n) is 3.11. The van der Waals surface area contributed by atoms with Crippen molar-refractivity contribution in [2.75, 3.05) is 7.11 Å². The molecule has 1 aromatic heterocycles. The number of hydrogen-bond acceptors (Lipinski definition) is 5. The predicted molar refractivity (Wildman–Crippen MR) is 116 cm³/mol. The molecule has 1 atom stereocenters. The van der Waals surface area contributed by atoms with Crippen molar-refractivity contribution in [2.24, 2.45) is 0 Å². The third-order valence-corrected chi connectivity index (χ3v) is 4.85. The van der Waals surface area contributed by atoms with Gasteiger partial charge in [0.2, 0.25) is 0 Å². The average molecular weight is 392 g/mol. The number of nitrogens with zero attached hydrogens (tertiary/aromatic N) is 3. The van der Waals surface area contributed by atoms with Gasteiger partial charge in [-0.3, -0.25) is 0 Å². The topological polar surface area (TPSA) is 57.1 Å². The summed E-state index contributed by atoms with van der Waals surface area (Å²) in [5.74, 6) is 2.01. The maximum atomic E-state index is 6.19. The molecule has 0 aliphatic rings. The summed E-state index contributed by atoms with van der Waals surface area (Å²) in [6.07, 6.45) is 5.60. The van der Waals surface area contributed by atoms with Gasteiger partial charge in [-0.1, -0.05) is 57.0 Å². The van der Waals surface area contributed by atoms with E-state index in [9.17, 15) is 0 Å². The Morgan fingerprint density at radius 2 is 1.45 bits per heavy atom. The highest BCUT2D eigenvalue weighted by molar-refractivity contribution is 5.61. The van der Waals surface area contributed by atoms with E-state index >= 15 is 0 Å². The van der Waals surface area contributed by atoms with Crippen molar-refractivity contribution >= 4 is 0 Å². The van der Waals surface area contributed by atoms with Crippen molar-refractivity contribution in [1.82, 2.24) is 15.0 Å². The molecule has 0 spiro atoms. The molecule has 152 valence electrons. The average Bonchev–Trinajstić information content (AvgIpc) is 2.79. The Hall–Kier alpha value is -2.95. The Balaban J connectivity index is 1.94. The molecule has 0 aliphatic carbocycles. The van der Waals surface area contributed by atoms with Gasteiger partial charge in [-0.15, -0.1) is 0 Å². The molecule has 5 nitrogen and oxygen atoms in total. The standard InChI is InChI=1S/C24H29N3O2/c1-4-6-8-13-20(5-2)29-24-26-22(18-11-9-7-10-12-18)25-23(27-24)19-14-16-21(28-3)17-15-19/h7,9-12,14-17,20H,4-6,8,13H2,1-3H3. The number of unbranched alkanes of at least 4 members (excludes halogenated alkanes) is 2. The molecular formula is C24H29N3O2. The van der Waals surface area contributed by atoms with Crippen molar-refractivity contribution in [3.05, 3.63) is 54.6 Å². The Morgan fingerprint density at radius 3 is 2.03 bits per heavy atom. The molecule has 1 heterocycles. The normalized spacial score (nSPS) is 11.8. The van der Waals surface area contributed by atoms with Crippen LogP contribution in [-0.2, 0) is 0 Å². The highest BCUT2D eigenvalue weighted by atomic mass is 16.5. The van der Waals surface area contributed by atoms with E-state index < -0.39 is 0 Å². The first-order valence-corrected chi connectivity index (χ1v) is 10.4. The van der Waals surface area contributed by atoms with Crippen molar-refractivity contribution in [2.45, 2.75) is 52.1 Å². The van der Waals surface area contributed by atoms with Gasteiger partial charge in [0.05, 0.1) is 7.11 Å². The maximum absolute atomic E-state index is 6.19. The van der Waals surface area contributed by atoms with Crippen LogP contribution in [0, 0.1) is 0 Å². The van der Waals surface area contributed by atoms with E-state index in [-0.39, 0.29) is 6.10 Å². The smallest absolute Gasteiger partial charge is 0.320 e. The SMILES string of the molecule is CCCCCC(CC)Oc1nc(-c2ccccc2)nc(-c2ccc(OC)cc2)n1. The summed E-state index contributed by atoms with van der Waals surface area (Å²) in [7, 11) is 1.65. The fourth-order valence-corrected chi connectivity index (χ4v) is 3.11. The lowest BCUT2D eigenvalue weighted by Crippen LogP contribution is -2.17.